The van der Waals surface area contributed by atoms with Crippen LogP contribution in [0.15, 0.2) is 30.3 Å². The predicted octanol–water partition coefficient (Wildman–Crippen LogP) is 4.40. The third-order valence-corrected chi connectivity index (χ3v) is 4.36. The summed E-state index contributed by atoms with van der Waals surface area (Å²) in [6.45, 7) is 2.31. The van der Waals surface area contributed by atoms with Crippen LogP contribution in [0, 0.1) is 0 Å². The van der Waals surface area contributed by atoms with Crippen LogP contribution in [0.1, 0.15) is 51.9 Å². The van der Waals surface area contributed by atoms with Crippen LogP contribution < -0.4 is 5.46 Å². The average molecular weight is 246 g/mol. The van der Waals surface area contributed by atoms with Crippen molar-refractivity contribution in [3.63, 3.8) is 0 Å². The smallest absolute Gasteiger partial charge is 0.220 e. The van der Waals surface area contributed by atoms with Gasteiger partial charge in [0.05, 0.1) is 5.57 Å². The van der Waals surface area contributed by atoms with E-state index < -0.39 is 5.57 Å². The van der Waals surface area contributed by atoms with Gasteiger partial charge < -0.3 is 0 Å². The molecule has 0 N–H and O–H groups in total. The van der Waals surface area contributed by atoms with Crippen LogP contribution in [-0.4, -0.2) is 12.3 Å². The number of hydrogen-bond acceptors (Lipinski definition) is 0. The summed E-state index contributed by atoms with van der Waals surface area (Å²) in [7, 11) is 0. The van der Waals surface area contributed by atoms with Gasteiger partial charge in [-0.1, -0.05) is 81.1 Å². The van der Waals surface area contributed by atoms with E-state index in [2.05, 4.69) is 19.1 Å². The van der Waals surface area contributed by atoms with E-state index in [1.165, 1.54) is 18.3 Å². The van der Waals surface area contributed by atoms with E-state index >= 15 is 4.39 Å². The average Bonchev–Trinajstić information content (AvgIpc) is 2.40. The summed E-state index contributed by atoms with van der Waals surface area (Å²) in [6, 6.07) is 10.3. The largest absolute Gasteiger partial charge is 0.253 e. The topological polar surface area (TPSA) is 0 Å². The lowest BCUT2D eigenvalue weighted by molar-refractivity contribution is 0.212. The molecule has 1 heterocycles. The van der Waals surface area contributed by atoms with E-state index in [1.54, 1.807) is 0 Å². The lowest BCUT2D eigenvalue weighted by Gasteiger charge is -2.36. The molecule has 1 aromatic carbocycles. The van der Waals surface area contributed by atoms with Crippen molar-refractivity contribution in [2.45, 2.75) is 63.8 Å². The minimum absolute atomic E-state index is 0.129. The normalized spacial score (nSPS) is 24.2. The second-order valence-corrected chi connectivity index (χ2v) is 5.70. The zero-order valence-corrected chi connectivity index (χ0v) is 11.5. The highest BCUT2D eigenvalue weighted by Crippen LogP contribution is 2.35. The summed E-state index contributed by atoms with van der Waals surface area (Å²) < 4.78 is 15.2. The molecule has 0 nitrogen and oxygen atoms in total. The van der Waals surface area contributed by atoms with Gasteiger partial charge >= 0.3 is 0 Å². The quantitative estimate of drug-likeness (QED) is 0.533. The molecule has 0 amide bonds. The van der Waals surface area contributed by atoms with Gasteiger partial charge in [0.1, 0.15) is 0 Å². The van der Waals surface area contributed by atoms with Crippen molar-refractivity contribution in [2.75, 3.05) is 0 Å². The maximum Gasteiger partial charge on any atom is 0.220 e. The molecule has 1 atom stereocenters. The highest BCUT2D eigenvalue weighted by atomic mass is 19.1. The second kappa shape index (κ2) is 6.40. The fourth-order valence-electron chi connectivity index (χ4n) is 3.32. The van der Waals surface area contributed by atoms with Gasteiger partial charge in [0.15, 0.2) is 0 Å². The van der Waals surface area contributed by atoms with Crippen LogP contribution in [0.2, 0.25) is 6.32 Å². The number of halogens is 1. The van der Waals surface area contributed by atoms with Crippen molar-refractivity contribution in [2.24, 2.45) is 0 Å². The van der Waals surface area contributed by atoms with Gasteiger partial charge in [0.2, 0.25) is 6.71 Å². The molecule has 1 fully saturated rings. The van der Waals surface area contributed by atoms with Gasteiger partial charge in [-0.2, -0.15) is 0 Å². The van der Waals surface area contributed by atoms with Crippen LogP contribution in [0.25, 0.3) is 0 Å². The van der Waals surface area contributed by atoms with Crippen molar-refractivity contribution in [3.8, 4) is 0 Å². The summed E-state index contributed by atoms with van der Waals surface area (Å²) in [5.74, 6) is 0. The Balaban J connectivity index is 2.10. The van der Waals surface area contributed by atoms with Crippen molar-refractivity contribution >= 4 is 12.2 Å². The Kier molecular flexibility index (Phi) is 4.85. The van der Waals surface area contributed by atoms with E-state index in [4.69, 9.17) is 0 Å². The molecule has 0 saturated carbocycles. The van der Waals surface area contributed by atoms with E-state index in [0.29, 0.717) is 0 Å². The Bertz CT molecular complexity index is 351. The minimum Gasteiger partial charge on any atom is -0.253 e. The summed E-state index contributed by atoms with van der Waals surface area (Å²) in [6.07, 6.45) is 8.14. The first-order valence-electron chi connectivity index (χ1n) is 7.50. The Hall–Kier alpha value is -0.785. The van der Waals surface area contributed by atoms with Crippen LogP contribution in [0.4, 0.5) is 4.39 Å². The lowest BCUT2D eigenvalue weighted by Crippen LogP contribution is -2.52. The Labute approximate surface area is 111 Å². The fraction of sp³-hybridized carbons (Fsp3) is 0.625. The van der Waals surface area contributed by atoms with E-state index in [1.807, 2.05) is 18.2 Å². The SMILES string of the molecule is CCCCCC1(F)CCCCB1c1ccccc1. The second-order valence-electron chi connectivity index (χ2n) is 5.70. The predicted molar refractivity (Wildman–Crippen MR) is 78.5 cm³/mol. The summed E-state index contributed by atoms with van der Waals surface area (Å²) >= 11 is 0. The fourth-order valence-corrected chi connectivity index (χ4v) is 3.32. The molecule has 1 unspecified atom stereocenters. The summed E-state index contributed by atoms with van der Waals surface area (Å²) in [5, 5.41) is 0. The number of rotatable bonds is 5. The molecule has 2 rings (SSSR count). The third-order valence-electron chi connectivity index (χ3n) is 4.36. The zero-order chi connectivity index (χ0) is 12.8. The molecule has 0 aliphatic carbocycles. The summed E-state index contributed by atoms with van der Waals surface area (Å²) in [5.41, 5.74) is 0.255. The van der Waals surface area contributed by atoms with Crippen molar-refractivity contribution in [1.82, 2.24) is 0 Å². The number of unbranched alkanes of at least 4 members (excludes halogenated alkanes) is 2. The molecule has 2 heteroatoms. The molecule has 1 aromatic rings. The number of benzene rings is 1. The zero-order valence-electron chi connectivity index (χ0n) is 11.5. The lowest BCUT2D eigenvalue weighted by atomic mass is 9.30. The standard InChI is InChI=1S/C16H24BF/c1-2-3-7-12-16(18)13-8-9-14-17(16)15-10-5-4-6-11-15/h4-6,10-11H,2-3,7-9,12-14H2,1H3. The molecule has 98 valence electrons. The molecule has 0 bridgehead atoms. The van der Waals surface area contributed by atoms with Crippen molar-refractivity contribution in [3.05, 3.63) is 30.3 Å². The molecule has 18 heavy (non-hydrogen) atoms. The van der Waals surface area contributed by atoms with Crippen molar-refractivity contribution < 1.29 is 4.39 Å². The van der Waals surface area contributed by atoms with Crippen LogP contribution in [0.5, 0.6) is 0 Å². The monoisotopic (exact) mass is 246 g/mol. The third kappa shape index (κ3) is 3.16. The molecule has 0 aromatic heterocycles. The van der Waals surface area contributed by atoms with Gasteiger partial charge in [-0.25, -0.2) is 0 Å². The molecule has 0 spiro atoms. The number of hydrogen-bond donors (Lipinski definition) is 0. The van der Waals surface area contributed by atoms with Crippen LogP contribution in [0.3, 0.4) is 0 Å². The van der Waals surface area contributed by atoms with Gasteiger partial charge in [-0.15, -0.1) is 0 Å². The van der Waals surface area contributed by atoms with Crippen molar-refractivity contribution in [1.29, 1.82) is 0 Å². The Morgan fingerprint density at radius 2 is 1.94 bits per heavy atom. The molecule has 1 saturated heterocycles. The highest BCUT2D eigenvalue weighted by molar-refractivity contribution is 6.76. The molecular weight excluding hydrogens is 222 g/mol. The van der Waals surface area contributed by atoms with Gasteiger partial charge in [-0.3, -0.25) is 4.39 Å². The first kappa shape index (κ1) is 13.6. The van der Waals surface area contributed by atoms with E-state index in [9.17, 15) is 0 Å². The number of alkyl halides is 1. The first-order valence-corrected chi connectivity index (χ1v) is 7.50. The van der Waals surface area contributed by atoms with Crippen LogP contribution in [-0.2, 0) is 0 Å². The van der Waals surface area contributed by atoms with E-state index in [-0.39, 0.29) is 6.71 Å². The van der Waals surface area contributed by atoms with Gasteiger partial charge in [0.25, 0.3) is 0 Å². The highest BCUT2D eigenvalue weighted by Gasteiger charge is 2.43. The molecular formula is C16H24BF. The Morgan fingerprint density at radius 1 is 1.17 bits per heavy atom. The van der Waals surface area contributed by atoms with Crippen LogP contribution >= 0.6 is 0 Å². The Morgan fingerprint density at radius 3 is 2.67 bits per heavy atom. The minimum atomic E-state index is -0.950. The maximum absolute atomic E-state index is 15.2. The molecule has 1 aliphatic heterocycles. The first-order chi connectivity index (χ1) is 8.76. The van der Waals surface area contributed by atoms with Gasteiger partial charge in [0, 0.05) is 0 Å². The summed E-state index contributed by atoms with van der Waals surface area (Å²) in [4.78, 5) is 0. The van der Waals surface area contributed by atoms with E-state index in [0.717, 1.165) is 38.4 Å². The molecule has 1 aliphatic rings. The van der Waals surface area contributed by atoms with Gasteiger partial charge in [-0.05, 0) is 12.8 Å². The molecule has 0 radical (unpaired) electrons. The maximum atomic E-state index is 15.2.